The molecule has 0 saturated carbocycles. The molecule has 0 bridgehead atoms. The van der Waals surface area contributed by atoms with Crippen molar-refractivity contribution in [3.05, 3.63) is 24.3 Å². The Morgan fingerprint density at radius 3 is 2.21 bits per heavy atom. The van der Waals surface area contributed by atoms with Gasteiger partial charge in [-0.15, -0.1) is 0 Å². The van der Waals surface area contributed by atoms with E-state index in [1.54, 1.807) is 6.92 Å². The van der Waals surface area contributed by atoms with E-state index in [1.807, 2.05) is 6.92 Å². The molecule has 2 nitrogen and oxygen atoms in total. The van der Waals surface area contributed by atoms with Crippen molar-refractivity contribution < 1.29 is 9.84 Å². The minimum Gasteiger partial charge on any atom is -0.391 e. The second-order valence-corrected chi connectivity index (χ2v) is 5.14. The van der Waals surface area contributed by atoms with E-state index < -0.39 is 0 Å². The van der Waals surface area contributed by atoms with Gasteiger partial charge in [-0.25, -0.2) is 0 Å². The van der Waals surface area contributed by atoms with Crippen molar-refractivity contribution in [3.8, 4) is 0 Å². The van der Waals surface area contributed by atoms with Crippen molar-refractivity contribution in [2.24, 2.45) is 0 Å². The quantitative estimate of drug-likeness (QED) is 0.389. The summed E-state index contributed by atoms with van der Waals surface area (Å²) in [5, 5.41) is 9.01. The van der Waals surface area contributed by atoms with Crippen LogP contribution in [0.5, 0.6) is 0 Å². The Labute approximate surface area is 119 Å². The SMILES string of the molecule is CC=CC=CCCCCCCCCCOCC(C)O. The first-order valence-corrected chi connectivity index (χ1v) is 7.81. The fraction of sp³-hybridized carbons (Fsp3) is 0.765. The number of aliphatic hydroxyl groups excluding tert-OH is 1. The predicted octanol–water partition coefficient (Wildman–Crippen LogP) is 4.64. The van der Waals surface area contributed by atoms with Gasteiger partial charge >= 0.3 is 0 Å². The zero-order valence-corrected chi connectivity index (χ0v) is 12.8. The van der Waals surface area contributed by atoms with Gasteiger partial charge in [-0.05, 0) is 33.1 Å². The van der Waals surface area contributed by atoms with E-state index in [0.29, 0.717) is 6.61 Å². The molecule has 0 spiro atoms. The second kappa shape index (κ2) is 15.5. The van der Waals surface area contributed by atoms with E-state index in [0.717, 1.165) is 13.0 Å². The summed E-state index contributed by atoms with van der Waals surface area (Å²) >= 11 is 0. The molecular formula is C17H32O2. The third kappa shape index (κ3) is 17.4. The van der Waals surface area contributed by atoms with E-state index in [9.17, 15) is 0 Å². The molecule has 0 aromatic carbocycles. The predicted molar refractivity (Wildman–Crippen MR) is 83.4 cm³/mol. The first-order chi connectivity index (χ1) is 9.27. The van der Waals surface area contributed by atoms with Gasteiger partial charge in [-0.1, -0.05) is 56.4 Å². The number of unbranched alkanes of at least 4 members (excludes halogenated alkanes) is 7. The summed E-state index contributed by atoms with van der Waals surface area (Å²) < 4.78 is 5.32. The molecule has 0 radical (unpaired) electrons. The Morgan fingerprint density at radius 2 is 1.58 bits per heavy atom. The van der Waals surface area contributed by atoms with Gasteiger partial charge < -0.3 is 9.84 Å². The number of ether oxygens (including phenoxy) is 1. The highest BCUT2D eigenvalue weighted by Crippen LogP contribution is 2.09. The number of allylic oxidation sites excluding steroid dienone is 4. The van der Waals surface area contributed by atoms with Crippen molar-refractivity contribution >= 4 is 0 Å². The Hall–Kier alpha value is -0.600. The topological polar surface area (TPSA) is 29.5 Å². The number of hydrogen-bond acceptors (Lipinski definition) is 2. The largest absolute Gasteiger partial charge is 0.391 e. The van der Waals surface area contributed by atoms with Crippen LogP contribution in [0.4, 0.5) is 0 Å². The van der Waals surface area contributed by atoms with E-state index in [1.165, 1.54) is 44.9 Å². The molecule has 1 atom stereocenters. The van der Waals surface area contributed by atoms with Crippen molar-refractivity contribution in [3.63, 3.8) is 0 Å². The fourth-order valence-electron chi connectivity index (χ4n) is 1.89. The van der Waals surface area contributed by atoms with Crippen LogP contribution >= 0.6 is 0 Å². The molecule has 0 aromatic heterocycles. The maximum Gasteiger partial charge on any atom is 0.0745 e. The smallest absolute Gasteiger partial charge is 0.0745 e. The average Bonchev–Trinajstić information content (AvgIpc) is 2.39. The Morgan fingerprint density at radius 1 is 0.947 bits per heavy atom. The zero-order valence-electron chi connectivity index (χ0n) is 12.8. The third-order valence-corrected chi connectivity index (χ3v) is 2.96. The molecule has 1 unspecified atom stereocenters. The van der Waals surface area contributed by atoms with E-state index in [2.05, 4.69) is 24.3 Å². The standard InChI is InChI=1S/C17H32O2/c1-3-4-5-6-7-8-9-10-11-12-13-14-15-19-16-17(2)18/h3-6,17-18H,7-16H2,1-2H3. The Balaban J connectivity index is 3.03. The molecule has 0 heterocycles. The highest BCUT2D eigenvalue weighted by Gasteiger charge is 1.95. The summed E-state index contributed by atoms with van der Waals surface area (Å²) in [6.07, 6.45) is 18.4. The van der Waals surface area contributed by atoms with Crippen LogP contribution in [-0.4, -0.2) is 24.4 Å². The highest BCUT2D eigenvalue weighted by molar-refractivity contribution is 5.00. The molecule has 112 valence electrons. The molecule has 0 fully saturated rings. The van der Waals surface area contributed by atoms with Gasteiger partial charge in [0, 0.05) is 6.61 Å². The monoisotopic (exact) mass is 268 g/mol. The minimum absolute atomic E-state index is 0.332. The molecule has 0 amide bonds. The molecular weight excluding hydrogens is 236 g/mol. The summed E-state index contributed by atoms with van der Waals surface area (Å²) in [6.45, 7) is 5.06. The summed E-state index contributed by atoms with van der Waals surface area (Å²) in [4.78, 5) is 0. The number of aliphatic hydroxyl groups is 1. The second-order valence-electron chi connectivity index (χ2n) is 5.14. The molecule has 0 saturated heterocycles. The van der Waals surface area contributed by atoms with Gasteiger partial charge in [-0.2, -0.15) is 0 Å². The lowest BCUT2D eigenvalue weighted by Crippen LogP contribution is -2.10. The lowest BCUT2D eigenvalue weighted by molar-refractivity contribution is 0.0445. The van der Waals surface area contributed by atoms with Crippen LogP contribution in [0.2, 0.25) is 0 Å². The van der Waals surface area contributed by atoms with Crippen molar-refractivity contribution in [2.75, 3.05) is 13.2 Å². The molecule has 0 aromatic rings. The Bertz CT molecular complexity index is 219. The van der Waals surface area contributed by atoms with Crippen molar-refractivity contribution in [1.82, 2.24) is 0 Å². The molecule has 0 aliphatic carbocycles. The van der Waals surface area contributed by atoms with Crippen LogP contribution in [0.1, 0.15) is 65.2 Å². The number of rotatable bonds is 13. The first-order valence-electron chi connectivity index (χ1n) is 7.81. The summed E-state index contributed by atoms with van der Waals surface area (Å²) in [7, 11) is 0. The normalized spacial score (nSPS) is 13.6. The summed E-state index contributed by atoms with van der Waals surface area (Å²) in [5.41, 5.74) is 0. The molecule has 0 aliphatic rings. The van der Waals surface area contributed by atoms with Crippen molar-refractivity contribution in [2.45, 2.75) is 71.3 Å². The third-order valence-electron chi connectivity index (χ3n) is 2.96. The lowest BCUT2D eigenvalue weighted by atomic mass is 10.1. The highest BCUT2D eigenvalue weighted by atomic mass is 16.5. The van der Waals surface area contributed by atoms with Gasteiger partial charge in [0.25, 0.3) is 0 Å². The van der Waals surface area contributed by atoms with Gasteiger partial charge in [0.1, 0.15) is 0 Å². The van der Waals surface area contributed by atoms with Crippen LogP contribution in [0.3, 0.4) is 0 Å². The molecule has 19 heavy (non-hydrogen) atoms. The zero-order chi connectivity index (χ0) is 14.2. The molecule has 0 rings (SSSR count). The lowest BCUT2D eigenvalue weighted by Gasteiger charge is -2.05. The summed E-state index contributed by atoms with van der Waals surface area (Å²) in [6, 6.07) is 0. The minimum atomic E-state index is -0.332. The van der Waals surface area contributed by atoms with Gasteiger partial charge in [0.15, 0.2) is 0 Å². The van der Waals surface area contributed by atoms with Crippen LogP contribution in [0.15, 0.2) is 24.3 Å². The molecule has 1 N–H and O–H groups in total. The first kappa shape index (κ1) is 18.4. The van der Waals surface area contributed by atoms with Gasteiger partial charge in [0.2, 0.25) is 0 Å². The van der Waals surface area contributed by atoms with E-state index >= 15 is 0 Å². The van der Waals surface area contributed by atoms with Gasteiger partial charge in [0.05, 0.1) is 12.7 Å². The maximum absolute atomic E-state index is 9.01. The molecule has 0 aliphatic heterocycles. The number of hydrogen-bond donors (Lipinski definition) is 1. The van der Waals surface area contributed by atoms with Crippen LogP contribution < -0.4 is 0 Å². The van der Waals surface area contributed by atoms with E-state index in [-0.39, 0.29) is 6.10 Å². The Kier molecular flexibility index (Phi) is 15.0. The van der Waals surface area contributed by atoms with Crippen LogP contribution in [0, 0.1) is 0 Å². The fourth-order valence-corrected chi connectivity index (χ4v) is 1.89. The van der Waals surface area contributed by atoms with Gasteiger partial charge in [-0.3, -0.25) is 0 Å². The summed E-state index contributed by atoms with van der Waals surface area (Å²) in [5.74, 6) is 0. The van der Waals surface area contributed by atoms with Crippen molar-refractivity contribution in [1.29, 1.82) is 0 Å². The van der Waals surface area contributed by atoms with Crippen LogP contribution in [-0.2, 0) is 4.74 Å². The molecule has 2 heteroatoms. The maximum atomic E-state index is 9.01. The average molecular weight is 268 g/mol. The van der Waals surface area contributed by atoms with E-state index in [4.69, 9.17) is 9.84 Å². The van der Waals surface area contributed by atoms with Crippen LogP contribution in [0.25, 0.3) is 0 Å².